The molecule has 3 unspecified atom stereocenters. The second kappa shape index (κ2) is 5.72. The Morgan fingerprint density at radius 2 is 2.00 bits per heavy atom. The van der Waals surface area contributed by atoms with Crippen molar-refractivity contribution in [1.82, 2.24) is 4.90 Å². The van der Waals surface area contributed by atoms with Crippen LogP contribution in [-0.2, 0) is 4.79 Å². The molecule has 0 aromatic heterocycles. The molecule has 2 rings (SSSR count). The molecule has 0 bridgehead atoms. The Labute approximate surface area is 125 Å². The Balaban J connectivity index is 2.23. The Bertz CT molecular complexity index is 488. The van der Waals surface area contributed by atoms with Gasteiger partial charge in [0.05, 0.1) is 5.41 Å². The second-order valence-corrected chi connectivity index (χ2v) is 6.44. The van der Waals surface area contributed by atoms with Gasteiger partial charge in [-0.2, -0.15) is 0 Å². The number of likely N-dealkylation sites (tertiary alicyclic amines) is 1. The summed E-state index contributed by atoms with van der Waals surface area (Å²) in [5.74, 6) is -0.237. The summed E-state index contributed by atoms with van der Waals surface area (Å²) in [6.07, 6.45) is 0.777. The standard InChI is InChI=1S/C15H22ClN3O/c1-10(17)13(11-3-5-12(16)6-4-11)19-8-7-15(2,9-19)14(18)20/h3-6,10,13H,7-9,17H2,1-2H3,(H2,18,20). The third-order valence-electron chi connectivity index (χ3n) is 4.20. The molecule has 0 radical (unpaired) electrons. The quantitative estimate of drug-likeness (QED) is 0.891. The predicted octanol–water partition coefficient (Wildman–Crippen LogP) is 1.93. The minimum atomic E-state index is -0.459. The summed E-state index contributed by atoms with van der Waals surface area (Å²) in [6, 6.07) is 7.78. The molecule has 5 heteroatoms. The Hall–Kier alpha value is -1.10. The lowest BCUT2D eigenvalue weighted by Crippen LogP contribution is -2.42. The van der Waals surface area contributed by atoms with E-state index in [1.54, 1.807) is 0 Å². The number of amides is 1. The van der Waals surface area contributed by atoms with Crippen LogP contribution in [0.25, 0.3) is 0 Å². The first kappa shape index (κ1) is 15.3. The van der Waals surface area contributed by atoms with Crippen LogP contribution in [0.15, 0.2) is 24.3 Å². The average molecular weight is 296 g/mol. The summed E-state index contributed by atoms with van der Waals surface area (Å²) < 4.78 is 0. The van der Waals surface area contributed by atoms with Crippen molar-refractivity contribution in [3.63, 3.8) is 0 Å². The van der Waals surface area contributed by atoms with Crippen LogP contribution >= 0.6 is 11.6 Å². The van der Waals surface area contributed by atoms with Crippen LogP contribution in [0.1, 0.15) is 31.9 Å². The van der Waals surface area contributed by atoms with E-state index < -0.39 is 5.41 Å². The molecule has 20 heavy (non-hydrogen) atoms. The SMILES string of the molecule is CC(N)C(c1ccc(Cl)cc1)N1CCC(C)(C(N)=O)C1. The largest absolute Gasteiger partial charge is 0.369 e. The lowest BCUT2D eigenvalue weighted by Gasteiger charge is -2.32. The van der Waals surface area contributed by atoms with Gasteiger partial charge < -0.3 is 11.5 Å². The minimum absolute atomic E-state index is 0.0357. The summed E-state index contributed by atoms with van der Waals surface area (Å²) >= 11 is 5.94. The van der Waals surface area contributed by atoms with Gasteiger partial charge in [-0.05, 0) is 44.5 Å². The fourth-order valence-corrected chi connectivity index (χ4v) is 3.07. The molecule has 0 spiro atoms. The van der Waals surface area contributed by atoms with E-state index in [2.05, 4.69) is 4.90 Å². The van der Waals surface area contributed by atoms with Gasteiger partial charge in [0.25, 0.3) is 0 Å². The molecule has 110 valence electrons. The number of carbonyl (C=O) groups excluding carboxylic acids is 1. The fourth-order valence-electron chi connectivity index (χ4n) is 2.94. The van der Waals surface area contributed by atoms with Crippen molar-refractivity contribution in [1.29, 1.82) is 0 Å². The monoisotopic (exact) mass is 295 g/mol. The van der Waals surface area contributed by atoms with Crippen LogP contribution in [0.5, 0.6) is 0 Å². The van der Waals surface area contributed by atoms with Crippen LogP contribution in [0.4, 0.5) is 0 Å². The molecule has 4 nitrogen and oxygen atoms in total. The van der Waals surface area contributed by atoms with Crippen molar-refractivity contribution >= 4 is 17.5 Å². The van der Waals surface area contributed by atoms with E-state index in [1.165, 1.54) is 0 Å². The number of carbonyl (C=O) groups is 1. The normalized spacial score (nSPS) is 26.4. The molecular formula is C15H22ClN3O. The van der Waals surface area contributed by atoms with E-state index in [-0.39, 0.29) is 18.0 Å². The zero-order valence-corrected chi connectivity index (χ0v) is 12.7. The first-order valence-corrected chi connectivity index (χ1v) is 7.26. The lowest BCUT2D eigenvalue weighted by atomic mass is 9.89. The highest BCUT2D eigenvalue weighted by atomic mass is 35.5. The molecule has 1 aliphatic heterocycles. The topological polar surface area (TPSA) is 72.3 Å². The number of nitrogens with two attached hydrogens (primary N) is 2. The van der Waals surface area contributed by atoms with Gasteiger partial charge in [-0.15, -0.1) is 0 Å². The van der Waals surface area contributed by atoms with Gasteiger partial charge in [0.1, 0.15) is 0 Å². The van der Waals surface area contributed by atoms with Crippen molar-refractivity contribution in [3.05, 3.63) is 34.9 Å². The average Bonchev–Trinajstić information content (AvgIpc) is 2.75. The molecule has 1 saturated heterocycles. The predicted molar refractivity (Wildman–Crippen MR) is 81.3 cm³/mol. The molecule has 1 aliphatic rings. The van der Waals surface area contributed by atoms with Crippen molar-refractivity contribution in [2.24, 2.45) is 16.9 Å². The number of rotatable bonds is 4. The maximum Gasteiger partial charge on any atom is 0.224 e. The molecule has 1 aromatic rings. The maximum absolute atomic E-state index is 11.6. The molecule has 0 saturated carbocycles. The third kappa shape index (κ3) is 2.97. The molecule has 4 N–H and O–H groups in total. The summed E-state index contributed by atoms with van der Waals surface area (Å²) in [7, 11) is 0. The van der Waals surface area contributed by atoms with Crippen LogP contribution in [0.2, 0.25) is 5.02 Å². The van der Waals surface area contributed by atoms with Gasteiger partial charge in [0.15, 0.2) is 0 Å². The molecule has 3 atom stereocenters. The molecular weight excluding hydrogens is 274 g/mol. The molecule has 1 fully saturated rings. The first-order chi connectivity index (χ1) is 9.33. The van der Waals surface area contributed by atoms with Crippen LogP contribution in [0.3, 0.4) is 0 Å². The summed E-state index contributed by atoms with van der Waals surface area (Å²) in [4.78, 5) is 13.8. The maximum atomic E-state index is 11.6. The zero-order chi connectivity index (χ0) is 14.9. The Kier molecular flexibility index (Phi) is 4.37. The van der Waals surface area contributed by atoms with Crippen LogP contribution < -0.4 is 11.5 Å². The van der Waals surface area contributed by atoms with Crippen molar-refractivity contribution < 1.29 is 4.79 Å². The van der Waals surface area contributed by atoms with Gasteiger partial charge >= 0.3 is 0 Å². The van der Waals surface area contributed by atoms with Gasteiger partial charge in [-0.1, -0.05) is 23.7 Å². The number of nitrogens with zero attached hydrogens (tertiary/aromatic N) is 1. The van der Waals surface area contributed by atoms with Gasteiger partial charge in [-0.3, -0.25) is 9.69 Å². The van der Waals surface area contributed by atoms with E-state index in [0.29, 0.717) is 11.6 Å². The van der Waals surface area contributed by atoms with E-state index in [1.807, 2.05) is 38.1 Å². The zero-order valence-electron chi connectivity index (χ0n) is 12.0. The highest BCUT2D eigenvalue weighted by Crippen LogP contribution is 2.36. The Morgan fingerprint density at radius 3 is 2.45 bits per heavy atom. The molecule has 1 aromatic carbocycles. The van der Waals surface area contributed by atoms with Gasteiger partial charge in [0, 0.05) is 23.7 Å². The third-order valence-corrected chi connectivity index (χ3v) is 4.45. The van der Waals surface area contributed by atoms with Gasteiger partial charge in [0.2, 0.25) is 5.91 Å². The second-order valence-electron chi connectivity index (χ2n) is 6.00. The van der Waals surface area contributed by atoms with E-state index in [9.17, 15) is 4.79 Å². The number of hydrogen-bond donors (Lipinski definition) is 2. The summed E-state index contributed by atoms with van der Waals surface area (Å²) in [5, 5.41) is 0.709. The van der Waals surface area contributed by atoms with Crippen LogP contribution in [-0.4, -0.2) is 29.9 Å². The highest BCUT2D eigenvalue weighted by Gasteiger charge is 2.42. The van der Waals surface area contributed by atoms with Crippen molar-refractivity contribution in [2.75, 3.05) is 13.1 Å². The smallest absolute Gasteiger partial charge is 0.224 e. The van der Waals surface area contributed by atoms with Crippen molar-refractivity contribution in [3.8, 4) is 0 Å². The minimum Gasteiger partial charge on any atom is -0.369 e. The number of primary amides is 1. The first-order valence-electron chi connectivity index (χ1n) is 6.88. The number of hydrogen-bond acceptors (Lipinski definition) is 3. The number of benzene rings is 1. The van der Waals surface area contributed by atoms with E-state index in [0.717, 1.165) is 18.5 Å². The van der Waals surface area contributed by atoms with Crippen molar-refractivity contribution in [2.45, 2.75) is 32.4 Å². The van der Waals surface area contributed by atoms with E-state index >= 15 is 0 Å². The van der Waals surface area contributed by atoms with Gasteiger partial charge in [-0.25, -0.2) is 0 Å². The lowest BCUT2D eigenvalue weighted by molar-refractivity contribution is -0.126. The van der Waals surface area contributed by atoms with Crippen LogP contribution in [0, 0.1) is 5.41 Å². The molecule has 0 aliphatic carbocycles. The summed E-state index contributed by atoms with van der Waals surface area (Å²) in [6.45, 7) is 5.39. The Morgan fingerprint density at radius 1 is 1.40 bits per heavy atom. The summed E-state index contributed by atoms with van der Waals surface area (Å²) in [5.41, 5.74) is 12.3. The molecule has 1 heterocycles. The highest BCUT2D eigenvalue weighted by molar-refractivity contribution is 6.30. The molecule has 1 amide bonds. The number of halogens is 1. The fraction of sp³-hybridized carbons (Fsp3) is 0.533. The van der Waals surface area contributed by atoms with E-state index in [4.69, 9.17) is 23.1 Å².